The third-order valence-corrected chi connectivity index (χ3v) is 9.87. The largest absolute Gasteiger partial charge is 0.476 e. The van der Waals surface area contributed by atoms with Crippen LogP contribution < -0.4 is 10.5 Å². The number of aromatic nitrogens is 2. The topological polar surface area (TPSA) is 108 Å². The van der Waals surface area contributed by atoms with E-state index in [0.717, 1.165) is 18.9 Å². The summed E-state index contributed by atoms with van der Waals surface area (Å²) in [6.45, 7) is 5.02. The number of halogens is 2. The van der Waals surface area contributed by atoms with Crippen molar-refractivity contribution in [2.45, 2.75) is 63.2 Å². The molecule has 1 aliphatic heterocycles. The maximum atomic E-state index is 15.0. The summed E-state index contributed by atoms with van der Waals surface area (Å²) in [4.78, 5) is 12.6. The highest BCUT2D eigenvalue weighted by Crippen LogP contribution is 2.38. The molecule has 1 aromatic carbocycles. The Labute approximate surface area is 210 Å². The molecule has 2 aliphatic rings. The Kier molecular flexibility index (Phi) is 7.19. The van der Waals surface area contributed by atoms with Crippen LogP contribution >= 0.6 is 0 Å². The van der Waals surface area contributed by atoms with Crippen LogP contribution in [0.5, 0.6) is 5.88 Å². The van der Waals surface area contributed by atoms with Crippen LogP contribution in [0.1, 0.15) is 69.7 Å². The molecule has 1 saturated carbocycles. The van der Waals surface area contributed by atoms with Crippen LogP contribution in [0.2, 0.25) is 0 Å². The van der Waals surface area contributed by atoms with Gasteiger partial charge >= 0.3 is 0 Å². The number of aliphatic imine (C=N–C) groups is 1. The van der Waals surface area contributed by atoms with Crippen molar-refractivity contribution >= 4 is 27.6 Å². The number of ether oxygens (including phenoxy) is 1. The molecule has 1 aromatic heterocycles. The number of sulfone groups is 1. The molecule has 0 amide bonds. The molecule has 0 bridgehead atoms. The summed E-state index contributed by atoms with van der Waals surface area (Å²) in [7, 11) is -3.72. The quantitative estimate of drug-likeness (QED) is 0.587. The molecule has 0 unspecified atom stereocenters. The normalized spacial score (nSPS) is 24.2. The minimum atomic E-state index is -3.72. The van der Waals surface area contributed by atoms with E-state index in [1.165, 1.54) is 70.6 Å². The number of benzene rings is 1. The van der Waals surface area contributed by atoms with Crippen LogP contribution in [0.25, 0.3) is 11.9 Å². The Morgan fingerprint density at radius 2 is 1.89 bits per heavy atom. The number of nitrogens with two attached hydrogens (primary N) is 1. The second-order valence-electron chi connectivity index (χ2n) is 10.3. The fourth-order valence-electron chi connectivity index (χ4n) is 4.62. The predicted octanol–water partition coefficient (Wildman–Crippen LogP) is 4.82. The highest BCUT2D eigenvalue weighted by molar-refractivity contribution is 7.93. The Morgan fingerprint density at radius 1 is 1.17 bits per heavy atom. The Balaban J connectivity index is 1.54. The number of hydrogen-bond donors (Lipinski definition) is 1. The van der Waals surface area contributed by atoms with E-state index in [1.54, 1.807) is 0 Å². The summed E-state index contributed by atoms with van der Waals surface area (Å²) in [5.74, 6) is -0.995. The minimum absolute atomic E-state index is 0.00126. The lowest BCUT2D eigenvalue weighted by molar-refractivity contribution is 0.202. The average molecular weight is 519 g/mol. The molecule has 2 heterocycles. The highest BCUT2D eigenvalue weighted by atomic mass is 32.2. The molecule has 1 fully saturated rings. The van der Waals surface area contributed by atoms with Crippen molar-refractivity contribution in [2.24, 2.45) is 16.6 Å². The summed E-state index contributed by atoms with van der Waals surface area (Å²) < 4.78 is 59.9. The lowest BCUT2D eigenvalue weighted by Crippen LogP contribution is -2.55. The van der Waals surface area contributed by atoms with Gasteiger partial charge in [-0.15, -0.1) is 0 Å². The van der Waals surface area contributed by atoms with E-state index in [-0.39, 0.29) is 17.1 Å². The van der Waals surface area contributed by atoms with E-state index in [9.17, 15) is 17.2 Å². The maximum Gasteiger partial charge on any atom is 0.232 e. The van der Waals surface area contributed by atoms with Gasteiger partial charge in [0.2, 0.25) is 5.88 Å². The molecule has 1 aliphatic carbocycles. The van der Waals surface area contributed by atoms with Crippen molar-refractivity contribution in [2.75, 3.05) is 12.4 Å². The van der Waals surface area contributed by atoms with Crippen molar-refractivity contribution in [3.63, 3.8) is 0 Å². The first-order chi connectivity index (χ1) is 16.9. The standard InChI is InChI=1S/C26H32F2N4O3S/c1-25(2)24(29)32-26(3,16-36(25,33)34)19-11-18(9-10-20(19)27)12-21(28)22-13-31-23(14-30-22)35-15-17-7-5-4-6-8-17/h9-14,17H,4-8,15-16H2,1-3H3,(H2,29,32)/b21-12-/t26-/m0/s1. The van der Waals surface area contributed by atoms with Gasteiger partial charge in [0.25, 0.3) is 0 Å². The van der Waals surface area contributed by atoms with Gasteiger partial charge in [-0.2, -0.15) is 0 Å². The lowest BCUT2D eigenvalue weighted by Gasteiger charge is -2.38. The molecular formula is C26H32F2N4O3S. The summed E-state index contributed by atoms with van der Waals surface area (Å²) in [5, 5.41) is 0. The van der Waals surface area contributed by atoms with Gasteiger partial charge in [-0.3, -0.25) is 4.99 Å². The van der Waals surface area contributed by atoms with Gasteiger partial charge < -0.3 is 10.5 Å². The zero-order chi connectivity index (χ0) is 26.1. The summed E-state index contributed by atoms with van der Waals surface area (Å²) in [6, 6.07) is 3.94. The summed E-state index contributed by atoms with van der Waals surface area (Å²) in [6.07, 6.45) is 9.84. The van der Waals surface area contributed by atoms with Crippen molar-refractivity contribution in [3.05, 3.63) is 53.2 Å². The molecule has 36 heavy (non-hydrogen) atoms. The minimum Gasteiger partial charge on any atom is -0.476 e. The third-order valence-electron chi connectivity index (χ3n) is 7.16. The van der Waals surface area contributed by atoms with Crippen molar-refractivity contribution < 1.29 is 21.9 Å². The van der Waals surface area contributed by atoms with Crippen molar-refractivity contribution in [1.29, 1.82) is 0 Å². The monoisotopic (exact) mass is 518 g/mol. The molecule has 4 rings (SSSR count). The first kappa shape index (κ1) is 26.2. The van der Waals surface area contributed by atoms with Gasteiger partial charge in [0, 0.05) is 5.56 Å². The summed E-state index contributed by atoms with van der Waals surface area (Å²) >= 11 is 0. The fourth-order valence-corrected chi connectivity index (χ4v) is 6.30. The van der Waals surface area contributed by atoms with Crippen LogP contribution in [0, 0.1) is 11.7 Å². The molecule has 2 aromatic rings. The fraction of sp³-hybridized carbons (Fsp3) is 0.500. The van der Waals surface area contributed by atoms with Crippen LogP contribution in [-0.4, -0.2) is 41.3 Å². The lowest BCUT2D eigenvalue weighted by atomic mass is 9.90. The Morgan fingerprint density at radius 3 is 2.53 bits per heavy atom. The van der Waals surface area contributed by atoms with Crippen LogP contribution in [0.3, 0.4) is 0 Å². The molecule has 10 heteroatoms. The maximum absolute atomic E-state index is 15.0. The van der Waals surface area contributed by atoms with Gasteiger partial charge in [-0.05, 0) is 63.3 Å². The smallest absolute Gasteiger partial charge is 0.232 e. The molecule has 0 radical (unpaired) electrons. The van der Waals surface area contributed by atoms with Crippen LogP contribution in [0.4, 0.5) is 8.78 Å². The SMILES string of the molecule is CC1(C)C(N)=N[C@](C)(c2cc(/C=C(\F)c3cnc(OCC4CCCCC4)cn3)ccc2F)CS1(=O)=O. The molecule has 0 saturated heterocycles. The van der Waals surface area contributed by atoms with Gasteiger partial charge in [0.1, 0.15) is 27.6 Å². The van der Waals surface area contributed by atoms with E-state index in [2.05, 4.69) is 15.0 Å². The first-order valence-electron chi connectivity index (χ1n) is 12.1. The molecule has 7 nitrogen and oxygen atoms in total. The molecular weight excluding hydrogens is 486 g/mol. The first-order valence-corrected chi connectivity index (χ1v) is 13.8. The second kappa shape index (κ2) is 9.88. The zero-order valence-corrected chi connectivity index (χ0v) is 21.6. The zero-order valence-electron chi connectivity index (χ0n) is 20.8. The van der Waals surface area contributed by atoms with E-state index < -0.39 is 37.5 Å². The van der Waals surface area contributed by atoms with E-state index in [4.69, 9.17) is 10.5 Å². The average Bonchev–Trinajstić information content (AvgIpc) is 2.83. The second-order valence-corrected chi connectivity index (χ2v) is 12.9. The third kappa shape index (κ3) is 5.28. The van der Waals surface area contributed by atoms with E-state index in [0.29, 0.717) is 24.0 Å². The Bertz CT molecular complexity index is 1290. The number of hydrogen-bond acceptors (Lipinski definition) is 7. The summed E-state index contributed by atoms with van der Waals surface area (Å²) in [5.41, 5.74) is 4.87. The molecule has 2 N–H and O–H groups in total. The van der Waals surface area contributed by atoms with Gasteiger partial charge in [0.15, 0.2) is 15.7 Å². The van der Waals surface area contributed by atoms with Crippen LogP contribution in [-0.2, 0) is 15.4 Å². The number of nitrogens with zero attached hydrogens (tertiary/aromatic N) is 3. The highest BCUT2D eigenvalue weighted by Gasteiger charge is 2.49. The van der Waals surface area contributed by atoms with Gasteiger partial charge in [-0.1, -0.05) is 25.3 Å². The molecule has 0 spiro atoms. The molecule has 1 atom stereocenters. The predicted molar refractivity (Wildman–Crippen MR) is 136 cm³/mol. The van der Waals surface area contributed by atoms with Crippen molar-refractivity contribution in [3.8, 4) is 5.88 Å². The Hall–Kier alpha value is -2.88. The van der Waals surface area contributed by atoms with E-state index >= 15 is 0 Å². The molecule has 194 valence electrons. The van der Waals surface area contributed by atoms with Gasteiger partial charge in [0.05, 0.1) is 24.8 Å². The van der Waals surface area contributed by atoms with Crippen molar-refractivity contribution in [1.82, 2.24) is 9.97 Å². The van der Waals surface area contributed by atoms with E-state index in [1.807, 2.05) is 0 Å². The number of rotatable bonds is 6. The van der Waals surface area contributed by atoms with Crippen LogP contribution in [0.15, 0.2) is 35.6 Å². The number of amidine groups is 1. The van der Waals surface area contributed by atoms with Gasteiger partial charge in [-0.25, -0.2) is 27.2 Å².